The van der Waals surface area contributed by atoms with Crippen molar-refractivity contribution in [3.05, 3.63) is 17.2 Å². The third-order valence-electron chi connectivity index (χ3n) is 1.60. The molecule has 1 heterocycles. The van der Waals surface area contributed by atoms with Gasteiger partial charge < -0.3 is 0 Å². The van der Waals surface area contributed by atoms with E-state index in [0.29, 0.717) is 10.2 Å². The molecular weight excluding hydrogens is 248 g/mol. The van der Waals surface area contributed by atoms with E-state index < -0.39 is 10.1 Å². The van der Waals surface area contributed by atoms with Gasteiger partial charge in [0.15, 0.2) is 0 Å². The van der Waals surface area contributed by atoms with Crippen molar-refractivity contribution in [2.24, 2.45) is 0 Å². The van der Waals surface area contributed by atoms with Crippen molar-refractivity contribution in [2.75, 3.05) is 0 Å². The minimum absolute atomic E-state index is 0.0417. The van der Waals surface area contributed by atoms with Gasteiger partial charge in [-0.3, -0.25) is 4.55 Å². The Morgan fingerprint density at radius 3 is 2.79 bits per heavy atom. The van der Waals surface area contributed by atoms with Crippen molar-refractivity contribution >= 4 is 43.5 Å². The van der Waals surface area contributed by atoms with E-state index in [2.05, 4.69) is 9.59 Å². The first-order valence-electron chi connectivity index (χ1n) is 3.38. The molecule has 0 bridgehead atoms. The van der Waals surface area contributed by atoms with Crippen molar-refractivity contribution in [3.63, 3.8) is 0 Å². The highest BCUT2D eigenvalue weighted by Gasteiger charge is 2.17. The van der Waals surface area contributed by atoms with Crippen molar-refractivity contribution in [2.45, 2.75) is 4.90 Å². The van der Waals surface area contributed by atoms with E-state index in [-0.39, 0.29) is 9.92 Å². The molecule has 74 valence electrons. The fourth-order valence-electron chi connectivity index (χ4n) is 0.998. The van der Waals surface area contributed by atoms with E-state index in [1.54, 1.807) is 0 Å². The first-order valence-corrected chi connectivity index (χ1v) is 5.97. The SMILES string of the molecule is O=S(=O)(O)c1ccc2nnsc2c1Cl. The molecule has 1 aromatic heterocycles. The molecule has 0 aliphatic rings. The lowest BCUT2D eigenvalue weighted by molar-refractivity contribution is 0.483. The van der Waals surface area contributed by atoms with Crippen LogP contribution in [0.3, 0.4) is 0 Å². The molecule has 0 radical (unpaired) electrons. The Hall–Kier alpha value is -0.760. The lowest BCUT2D eigenvalue weighted by atomic mass is 10.3. The van der Waals surface area contributed by atoms with Crippen LogP contribution in [0.15, 0.2) is 17.0 Å². The summed E-state index contributed by atoms with van der Waals surface area (Å²) in [5.74, 6) is 0. The zero-order chi connectivity index (χ0) is 10.3. The number of fused-ring (bicyclic) bond motifs is 1. The van der Waals surface area contributed by atoms with Crippen LogP contribution in [0.5, 0.6) is 0 Å². The van der Waals surface area contributed by atoms with E-state index in [1.165, 1.54) is 12.1 Å². The molecule has 2 aromatic rings. The molecule has 0 saturated carbocycles. The minimum Gasteiger partial charge on any atom is -0.282 e. The van der Waals surface area contributed by atoms with Crippen molar-refractivity contribution in [1.29, 1.82) is 0 Å². The number of rotatable bonds is 1. The molecule has 0 atom stereocenters. The highest BCUT2D eigenvalue weighted by Crippen LogP contribution is 2.31. The second-order valence-electron chi connectivity index (χ2n) is 2.47. The molecule has 0 unspecified atom stereocenters. The molecule has 1 aromatic carbocycles. The zero-order valence-electron chi connectivity index (χ0n) is 6.51. The van der Waals surface area contributed by atoms with Crippen LogP contribution in [0.2, 0.25) is 5.02 Å². The number of benzene rings is 1. The summed E-state index contributed by atoms with van der Waals surface area (Å²) < 4.78 is 34.6. The largest absolute Gasteiger partial charge is 0.296 e. The number of halogens is 1. The molecule has 0 spiro atoms. The Morgan fingerprint density at radius 2 is 2.14 bits per heavy atom. The van der Waals surface area contributed by atoms with Gasteiger partial charge in [0.25, 0.3) is 10.1 Å². The maximum atomic E-state index is 10.9. The highest BCUT2D eigenvalue weighted by atomic mass is 35.5. The molecule has 0 aliphatic heterocycles. The fraction of sp³-hybridized carbons (Fsp3) is 0. The first kappa shape index (κ1) is 9.78. The van der Waals surface area contributed by atoms with Crippen LogP contribution in [0, 0.1) is 0 Å². The molecule has 8 heteroatoms. The quantitative estimate of drug-likeness (QED) is 0.778. The highest BCUT2D eigenvalue weighted by molar-refractivity contribution is 7.86. The van der Waals surface area contributed by atoms with Crippen molar-refractivity contribution in [3.8, 4) is 0 Å². The molecule has 2 rings (SSSR count). The number of hydrogen-bond acceptors (Lipinski definition) is 5. The average molecular weight is 251 g/mol. The van der Waals surface area contributed by atoms with Gasteiger partial charge in [-0.25, -0.2) is 0 Å². The molecular formula is C6H3ClN2O3S2. The van der Waals surface area contributed by atoms with Gasteiger partial charge >= 0.3 is 0 Å². The second-order valence-corrected chi connectivity index (χ2v) is 5.00. The molecule has 0 fully saturated rings. The Labute approximate surface area is 88.2 Å². The molecule has 14 heavy (non-hydrogen) atoms. The summed E-state index contributed by atoms with van der Waals surface area (Å²) in [6.07, 6.45) is 0. The summed E-state index contributed by atoms with van der Waals surface area (Å²) in [4.78, 5) is -0.322. The Morgan fingerprint density at radius 1 is 1.43 bits per heavy atom. The van der Waals surface area contributed by atoms with Crippen LogP contribution >= 0.6 is 23.1 Å². The van der Waals surface area contributed by atoms with Crippen molar-refractivity contribution < 1.29 is 13.0 Å². The standard InChI is InChI=1S/C6H3ClN2O3S2/c7-5-4(14(10,11)12)2-1-3-6(5)13-9-8-3/h1-2H,(H,10,11,12). The summed E-state index contributed by atoms with van der Waals surface area (Å²) in [5.41, 5.74) is 0.507. The number of hydrogen-bond donors (Lipinski definition) is 1. The maximum absolute atomic E-state index is 10.9. The second kappa shape index (κ2) is 3.13. The van der Waals surface area contributed by atoms with E-state index in [9.17, 15) is 8.42 Å². The van der Waals surface area contributed by atoms with Gasteiger partial charge in [0.2, 0.25) is 0 Å². The van der Waals surface area contributed by atoms with Gasteiger partial charge in [-0.05, 0) is 23.7 Å². The fourth-order valence-corrected chi connectivity index (χ4v) is 2.79. The predicted molar refractivity (Wildman–Crippen MR) is 52.2 cm³/mol. The summed E-state index contributed by atoms with van der Waals surface area (Å²) in [7, 11) is -4.28. The van der Waals surface area contributed by atoms with E-state index >= 15 is 0 Å². The summed E-state index contributed by atoms with van der Waals surface area (Å²) in [5, 5.41) is 3.67. The van der Waals surface area contributed by atoms with Crippen LogP contribution in [0.1, 0.15) is 0 Å². The van der Waals surface area contributed by atoms with Gasteiger partial charge in [0.05, 0.1) is 9.72 Å². The third-order valence-corrected chi connectivity index (χ3v) is 3.87. The lowest BCUT2D eigenvalue weighted by Crippen LogP contribution is -1.98. The average Bonchev–Trinajstić information content (AvgIpc) is 2.50. The molecule has 0 amide bonds. The maximum Gasteiger partial charge on any atom is 0.296 e. The molecule has 5 nitrogen and oxygen atoms in total. The van der Waals surface area contributed by atoms with Crippen LogP contribution in [0.4, 0.5) is 0 Å². The van der Waals surface area contributed by atoms with Crippen molar-refractivity contribution in [1.82, 2.24) is 9.59 Å². The van der Waals surface area contributed by atoms with Gasteiger partial charge in [-0.1, -0.05) is 16.1 Å². The Bertz CT molecular complexity index is 592. The van der Waals surface area contributed by atoms with E-state index in [4.69, 9.17) is 16.2 Å². The Balaban J connectivity index is 2.88. The minimum atomic E-state index is -4.28. The molecule has 0 aliphatic carbocycles. The van der Waals surface area contributed by atoms with Gasteiger partial charge in [0, 0.05) is 0 Å². The topological polar surface area (TPSA) is 80.2 Å². The molecule has 1 N–H and O–H groups in total. The normalized spacial score (nSPS) is 12.1. The summed E-state index contributed by atoms with van der Waals surface area (Å²) in [6, 6.07) is 2.63. The lowest BCUT2D eigenvalue weighted by Gasteiger charge is -1.99. The molecule has 0 saturated heterocycles. The monoisotopic (exact) mass is 250 g/mol. The van der Waals surface area contributed by atoms with Crippen LogP contribution in [-0.4, -0.2) is 22.6 Å². The van der Waals surface area contributed by atoms with E-state index in [0.717, 1.165) is 11.5 Å². The van der Waals surface area contributed by atoms with Gasteiger partial charge in [-0.15, -0.1) is 5.10 Å². The first-order chi connectivity index (χ1) is 6.50. The van der Waals surface area contributed by atoms with Crippen LogP contribution in [0.25, 0.3) is 10.2 Å². The number of nitrogens with zero attached hydrogens (tertiary/aromatic N) is 2. The van der Waals surface area contributed by atoms with Gasteiger partial charge in [-0.2, -0.15) is 8.42 Å². The predicted octanol–water partition coefficient (Wildman–Crippen LogP) is 1.59. The van der Waals surface area contributed by atoms with Crippen LogP contribution in [-0.2, 0) is 10.1 Å². The van der Waals surface area contributed by atoms with E-state index in [1.807, 2.05) is 0 Å². The smallest absolute Gasteiger partial charge is 0.282 e. The third kappa shape index (κ3) is 1.48. The van der Waals surface area contributed by atoms with Crippen LogP contribution < -0.4 is 0 Å². The Kier molecular flexibility index (Phi) is 2.18. The summed E-state index contributed by atoms with van der Waals surface area (Å²) >= 11 is 6.73. The zero-order valence-corrected chi connectivity index (χ0v) is 8.90. The van der Waals surface area contributed by atoms with Gasteiger partial charge in [0.1, 0.15) is 10.4 Å². The summed E-state index contributed by atoms with van der Waals surface area (Å²) in [6.45, 7) is 0. The number of aromatic nitrogens is 2.